The highest BCUT2D eigenvalue weighted by Crippen LogP contribution is 2.16. The third-order valence-electron chi connectivity index (χ3n) is 1.45. The molecule has 0 aliphatic heterocycles. The van der Waals surface area contributed by atoms with Gasteiger partial charge in [-0.05, 0) is 30.0 Å². The molecule has 2 nitrogen and oxygen atoms in total. The average Bonchev–Trinajstić information content (AvgIpc) is 2.19. The highest BCUT2D eigenvalue weighted by atomic mass is 32.1. The summed E-state index contributed by atoms with van der Waals surface area (Å²) < 4.78 is 0. The second-order valence-corrected chi connectivity index (χ2v) is 2.59. The molecular formula is C9H6N2S2. The van der Waals surface area contributed by atoms with E-state index in [0.29, 0.717) is 0 Å². The van der Waals surface area contributed by atoms with E-state index in [1.807, 2.05) is 30.3 Å². The van der Waals surface area contributed by atoms with Crippen molar-refractivity contribution in [3.8, 4) is 0 Å². The molecule has 0 bridgehead atoms. The van der Waals surface area contributed by atoms with Crippen LogP contribution in [0, 0.1) is 0 Å². The minimum absolute atomic E-state index is 0.392. The van der Waals surface area contributed by atoms with Crippen LogP contribution in [0.15, 0.2) is 40.3 Å². The van der Waals surface area contributed by atoms with Crippen LogP contribution in [0.5, 0.6) is 0 Å². The molecule has 0 amide bonds. The molecule has 0 atom stereocenters. The van der Waals surface area contributed by atoms with Gasteiger partial charge in [0.15, 0.2) is 6.17 Å². The monoisotopic (exact) mass is 206 g/mol. The Morgan fingerprint density at radius 3 is 2.00 bits per heavy atom. The van der Waals surface area contributed by atoms with Crippen molar-refractivity contribution < 1.29 is 0 Å². The Balaban J connectivity index is 3.01. The Bertz CT molecular complexity index is 344. The molecule has 0 radical (unpaired) electrons. The standard InChI is InChI=1S/C9H6N2S2/c12-6-10-9(11-7-13)8-4-2-1-3-5-8/h1-5,9H. The summed E-state index contributed by atoms with van der Waals surface area (Å²) >= 11 is 9.01. The van der Waals surface area contributed by atoms with Gasteiger partial charge in [-0.15, -0.1) is 0 Å². The van der Waals surface area contributed by atoms with E-state index in [1.54, 1.807) is 0 Å². The molecule has 0 aromatic heterocycles. The van der Waals surface area contributed by atoms with Gasteiger partial charge in [0.1, 0.15) is 0 Å². The molecule has 0 aliphatic rings. The molecule has 0 saturated carbocycles. The minimum Gasteiger partial charge on any atom is -0.199 e. The van der Waals surface area contributed by atoms with Crippen LogP contribution in [0.2, 0.25) is 0 Å². The van der Waals surface area contributed by atoms with Crippen molar-refractivity contribution in [1.82, 2.24) is 0 Å². The topological polar surface area (TPSA) is 24.7 Å². The fourth-order valence-electron chi connectivity index (χ4n) is 0.903. The highest BCUT2D eigenvalue weighted by Gasteiger charge is 2.04. The lowest BCUT2D eigenvalue weighted by Crippen LogP contribution is -1.89. The Morgan fingerprint density at radius 2 is 1.54 bits per heavy atom. The predicted molar refractivity (Wildman–Crippen MR) is 59.2 cm³/mol. The summed E-state index contributed by atoms with van der Waals surface area (Å²) in [4.78, 5) is 7.71. The number of aliphatic imine (C=N–C) groups is 2. The first-order valence-electron chi connectivity index (χ1n) is 3.57. The van der Waals surface area contributed by atoms with Crippen LogP contribution >= 0.6 is 24.4 Å². The quantitative estimate of drug-likeness (QED) is 0.561. The number of hydrogen-bond donors (Lipinski definition) is 0. The third kappa shape index (κ3) is 2.98. The number of thiocarbonyl (C=S) groups is 2. The lowest BCUT2D eigenvalue weighted by atomic mass is 10.2. The fraction of sp³-hybridized carbons (Fsp3) is 0.111. The molecule has 0 spiro atoms. The van der Waals surface area contributed by atoms with Gasteiger partial charge in [0.05, 0.1) is 10.3 Å². The van der Waals surface area contributed by atoms with E-state index in [4.69, 9.17) is 0 Å². The van der Waals surface area contributed by atoms with Crippen LogP contribution in [0.4, 0.5) is 0 Å². The Hall–Kier alpha value is -1.18. The molecule has 0 N–H and O–H groups in total. The molecule has 0 saturated heterocycles. The van der Waals surface area contributed by atoms with Gasteiger partial charge in [-0.1, -0.05) is 30.3 Å². The molecule has 0 unspecified atom stereocenters. The fourth-order valence-corrected chi connectivity index (χ4v) is 1.10. The van der Waals surface area contributed by atoms with E-state index in [9.17, 15) is 0 Å². The smallest absolute Gasteiger partial charge is 0.185 e. The second kappa shape index (κ2) is 5.46. The summed E-state index contributed by atoms with van der Waals surface area (Å²) in [6.07, 6.45) is -0.392. The van der Waals surface area contributed by atoms with Crippen molar-refractivity contribution >= 4 is 34.8 Å². The van der Waals surface area contributed by atoms with Gasteiger partial charge in [-0.3, -0.25) is 0 Å². The van der Waals surface area contributed by atoms with Crippen molar-refractivity contribution in [2.75, 3.05) is 0 Å². The van der Waals surface area contributed by atoms with Crippen molar-refractivity contribution in [3.05, 3.63) is 35.9 Å². The third-order valence-corrected chi connectivity index (χ3v) is 1.66. The number of nitrogens with zero attached hydrogens (tertiary/aromatic N) is 2. The average molecular weight is 206 g/mol. The van der Waals surface area contributed by atoms with E-state index >= 15 is 0 Å². The van der Waals surface area contributed by atoms with E-state index in [1.165, 1.54) is 0 Å². The summed E-state index contributed by atoms with van der Waals surface area (Å²) in [5.74, 6) is 0. The number of benzene rings is 1. The Kier molecular flexibility index (Phi) is 4.16. The largest absolute Gasteiger partial charge is 0.199 e. The number of rotatable bonds is 3. The zero-order chi connectivity index (χ0) is 9.52. The minimum atomic E-state index is -0.392. The molecule has 0 fully saturated rings. The first kappa shape index (κ1) is 9.90. The van der Waals surface area contributed by atoms with E-state index in [-0.39, 0.29) is 0 Å². The van der Waals surface area contributed by atoms with Gasteiger partial charge in [-0.2, -0.15) is 9.98 Å². The zero-order valence-electron chi connectivity index (χ0n) is 6.68. The van der Waals surface area contributed by atoms with Gasteiger partial charge in [0.25, 0.3) is 0 Å². The van der Waals surface area contributed by atoms with Gasteiger partial charge in [0.2, 0.25) is 0 Å². The van der Waals surface area contributed by atoms with Crippen molar-refractivity contribution in [2.24, 2.45) is 9.98 Å². The molecule has 4 heteroatoms. The van der Waals surface area contributed by atoms with E-state index in [0.717, 1.165) is 5.56 Å². The van der Waals surface area contributed by atoms with Crippen LogP contribution in [-0.2, 0) is 0 Å². The van der Waals surface area contributed by atoms with Gasteiger partial charge in [0, 0.05) is 0 Å². The van der Waals surface area contributed by atoms with Crippen LogP contribution in [0.3, 0.4) is 0 Å². The van der Waals surface area contributed by atoms with Gasteiger partial charge < -0.3 is 0 Å². The SMILES string of the molecule is S=C=NC(N=C=S)c1ccccc1. The first-order valence-corrected chi connectivity index (χ1v) is 4.39. The summed E-state index contributed by atoms with van der Waals surface area (Å²) in [5, 5.41) is 4.56. The van der Waals surface area contributed by atoms with Gasteiger partial charge in [-0.25, -0.2) is 0 Å². The molecule has 64 valence electrons. The zero-order valence-corrected chi connectivity index (χ0v) is 8.31. The highest BCUT2D eigenvalue weighted by molar-refractivity contribution is 7.78. The van der Waals surface area contributed by atoms with E-state index < -0.39 is 6.17 Å². The summed E-state index contributed by atoms with van der Waals surface area (Å²) in [6.45, 7) is 0. The van der Waals surface area contributed by atoms with Crippen LogP contribution in [0.25, 0.3) is 0 Å². The second-order valence-electron chi connectivity index (χ2n) is 2.23. The molecule has 0 aliphatic carbocycles. The normalized spacial score (nSPS) is 10.8. The molecule has 1 aromatic carbocycles. The molecule has 13 heavy (non-hydrogen) atoms. The van der Waals surface area contributed by atoms with E-state index in [2.05, 4.69) is 44.7 Å². The maximum absolute atomic E-state index is 4.50. The van der Waals surface area contributed by atoms with Crippen LogP contribution < -0.4 is 0 Å². The summed E-state index contributed by atoms with van der Waals surface area (Å²) in [6, 6.07) is 9.52. The summed E-state index contributed by atoms with van der Waals surface area (Å²) in [7, 11) is 0. The number of isothiocyanates is 2. The maximum atomic E-state index is 4.50. The predicted octanol–water partition coefficient (Wildman–Crippen LogP) is 2.89. The van der Waals surface area contributed by atoms with Crippen LogP contribution in [-0.4, -0.2) is 10.3 Å². The number of hydrogen-bond acceptors (Lipinski definition) is 4. The lowest BCUT2D eigenvalue weighted by molar-refractivity contribution is 0.792. The maximum Gasteiger partial charge on any atom is 0.185 e. The Labute approximate surface area is 87.0 Å². The first-order chi connectivity index (χ1) is 6.38. The van der Waals surface area contributed by atoms with Crippen molar-refractivity contribution in [2.45, 2.75) is 6.17 Å². The molecule has 1 aromatic rings. The molecule has 0 heterocycles. The van der Waals surface area contributed by atoms with Crippen molar-refractivity contribution in [1.29, 1.82) is 0 Å². The molecule has 1 rings (SSSR count). The Morgan fingerprint density at radius 1 is 1.00 bits per heavy atom. The van der Waals surface area contributed by atoms with Crippen molar-refractivity contribution in [3.63, 3.8) is 0 Å². The summed E-state index contributed by atoms with van der Waals surface area (Å²) in [5.41, 5.74) is 0.928. The molecular weight excluding hydrogens is 200 g/mol. The van der Waals surface area contributed by atoms with Gasteiger partial charge >= 0.3 is 0 Å². The lowest BCUT2D eigenvalue weighted by Gasteiger charge is -2.02. The van der Waals surface area contributed by atoms with Crippen LogP contribution in [0.1, 0.15) is 11.7 Å².